The molecular formula is C18H19FN2O3. The second-order valence-electron chi connectivity index (χ2n) is 5.41. The molecule has 6 heteroatoms. The Morgan fingerprint density at radius 3 is 2.50 bits per heavy atom. The predicted molar refractivity (Wildman–Crippen MR) is 90.8 cm³/mol. The molecule has 0 unspecified atom stereocenters. The summed E-state index contributed by atoms with van der Waals surface area (Å²) in [6, 6.07) is 9.62. The molecule has 0 saturated heterocycles. The predicted octanol–water partition coefficient (Wildman–Crippen LogP) is 3.28. The van der Waals surface area contributed by atoms with Crippen LogP contribution in [0.3, 0.4) is 0 Å². The molecule has 5 nitrogen and oxygen atoms in total. The first-order chi connectivity index (χ1) is 11.4. The highest BCUT2D eigenvalue weighted by Crippen LogP contribution is 2.18. The van der Waals surface area contributed by atoms with Gasteiger partial charge in [0.15, 0.2) is 0 Å². The number of benzene rings is 2. The van der Waals surface area contributed by atoms with E-state index >= 15 is 0 Å². The van der Waals surface area contributed by atoms with Crippen molar-refractivity contribution in [3.63, 3.8) is 0 Å². The zero-order valence-electron chi connectivity index (χ0n) is 13.8. The highest BCUT2D eigenvalue weighted by molar-refractivity contribution is 5.97. The largest absolute Gasteiger partial charge is 0.465 e. The van der Waals surface area contributed by atoms with E-state index in [0.717, 1.165) is 11.1 Å². The van der Waals surface area contributed by atoms with Crippen molar-refractivity contribution in [1.29, 1.82) is 0 Å². The zero-order chi connectivity index (χ0) is 17.7. The van der Waals surface area contributed by atoms with E-state index in [4.69, 9.17) is 0 Å². The molecule has 0 aliphatic rings. The van der Waals surface area contributed by atoms with Crippen LogP contribution in [0.25, 0.3) is 0 Å². The molecule has 0 spiro atoms. The summed E-state index contributed by atoms with van der Waals surface area (Å²) in [5.74, 6) is -1.24. The Morgan fingerprint density at radius 2 is 1.83 bits per heavy atom. The number of ether oxygens (including phenoxy) is 1. The molecule has 0 fully saturated rings. The van der Waals surface area contributed by atoms with E-state index in [0.29, 0.717) is 11.3 Å². The number of amides is 1. The van der Waals surface area contributed by atoms with E-state index in [2.05, 4.69) is 15.4 Å². The van der Waals surface area contributed by atoms with Gasteiger partial charge in [0.2, 0.25) is 5.91 Å². The molecule has 0 heterocycles. The van der Waals surface area contributed by atoms with Gasteiger partial charge < -0.3 is 15.4 Å². The summed E-state index contributed by atoms with van der Waals surface area (Å²) < 4.78 is 18.4. The lowest BCUT2D eigenvalue weighted by Gasteiger charge is -2.11. The number of rotatable bonds is 5. The van der Waals surface area contributed by atoms with Crippen LogP contribution in [0.15, 0.2) is 36.4 Å². The topological polar surface area (TPSA) is 67.4 Å². The fraction of sp³-hybridized carbons (Fsp3) is 0.222. The third kappa shape index (κ3) is 4.32. The number of hydrogen-bond donors (Lipinski definition) is 2. The van der Waals surface area contributed by atoms with Crippen molar-refractivity contribution >= 4 is 23.3 Å². The monoisotopic (exact) mass is 330 g/mol. The molecule has 0 saturated carbocycles. The van der Waals surface area contributed by atoms with Crippen molar-refractivity contribution in [3.05, 3.63) is 58.9 Å². The van der Waals surface area contributed by atoms with Crippen molar-refractivity contribution in [2.24, 2.45) is 0 Å². The number of halogens is 1. The van der Waals surface area contributed by atoms with Crippen molar-refractivity contribution in [3.8, 4) is 0 Å². The van der Waals surface area contributed by atoms with Gasteiger partial charge in [-0.2, -0.15) is 0 Å². The number of hydrogen-bond acceptors (Lipinski definition) is 4. The molecule has 126 valence electrons. The number of esters is 1. The third-order valence-electron chi connectivity index (χ3n) is 3.50. The Balaban J connectivity index is 2.03. The van der Waals surface area contributed by atoms with Crippen molar-refractivity contribution in [1.82, 2.24) is 0 Å². The van der Waals surface area contributed by atoms with Gasteiger partial charge in [-0.05, 0) is 49.2 Å². The standard InChI is InChI=1S/C18H19FN2O3/c1-11-4-7-15(14(19)8-11)20-10-17(22)21-16-9-13(18(23)24-3)6-5-12(16)2/h4-9,20H,10H2,1-3H3,(H,21,22). The maximum absolute atomic E-state index is 13.7. The van der Waals surface area contributed by atoms with Crippen LogP contribution in [0.1, 0.15) is 21.5 Å². The van der Waals surface area contributed by atoms with E-state index < -0.39 is 11.8 Å². The van der Waals surface area contributed by atoms with E-state index in [1.807, 2.05) is 6.92 Å². The van der Waals surface area contributed by atoms with Gasteiger partial charge in [0.05, 0.1) is 24.9 Å². The molecule has 24 heavy (non-hydrogen) atoms. The fourth-order valence-corrected chi connectivity index (χ4v) is 2.13. The first-order valence-corrected chi connectivity index (χ1v) is 7.39. The van der Waals surface area contributed by atoms with Gasteiger partial charge >= 0.3 is 5.97 Å². The molecule has 0 atom stereocenters. The van der Waals surface area contributed by atoms with Gasteiger partial charge in [-0.25, -0.2) is 9.18 Å². The smallest absolute Gasteiger partial charge is 0.337 e. The molecule has 0 aromatic heterocycles. The lowest BCUT2D eigenvalue weighted by molar-refractivity contribution is -0.114. The highest BCUT2D eigenvalue weighted by Gasteiger charge is 2.11. The molecule has 1 amide bonds. The average molecular weight is 330 g/mol. The summed E-state index contributed by atoms with van der Waals surface area (Å²) >= 11 is 0. The second-order valence-corrected chi connectivity index (χ2v) is 5.41. The first-order valence-electron chi connectivity index (χ1n) is 7.39. The van der Waals surface area contributed by atoms with Crippen LogP contribution in [-0.2, 0) is 9.53 Å². The Bertz CT molecular complexity index is 775. The lowest BCUT2D eigenvalue weighted by atomic mass is 10.1. The number of methoxy groups -OCH3 is 1. The summed E-state index contributed by atoms with van der Waals surface area (Å²) in [6.07, 6.45) is 0. The lowest BCUT2D eigenvalue weighted by Crippen LogP contribution is -2.22. The van der Waals surface area contributed by atoms with Crippen LogP contribution in [0.5, 0.6) is 0 Å². The molecule has 0 bridgehead atoms. The summed E-state index contributed by atoms with van der Waals surface area (Å²) in [6.45, 7) is 3.50. The summed E-state index contributed by atoms with van der Waals surface area (Å²) in [4.78, 5) is 23.6. The molecule has 0 radical (unpaired) electrons. The third-order valence-corrected chi connectivity index (χ3v) is 3.50. The van der Waals surface area contributed by atoms with E-state index in [1.165, 1.54) is 13.2 Å². The quantitative estimate of drug-likeness (QED) is 0.826. The summed E-state index contributed by atoms with van der Waals surface area (Å²) in [7, 11) is 1.29. The Labute approximate surface area is 139 Å². The minimum absolute atomic E-state index is 0.0954. The zero-order valence-corrected chi connectivity index (χ0v) is 13.8. The van der Waals surface area contributed by atoms with E-state index in [9.17, 15) is 14.0 Å². The maximum Gasteiger partial charge on any atom is 0.337 e. The molecule has 2 aromatic carbocycles. The molecule has 2 N–H and O–H groups in total. The molecule has 2 aromatic rings. The van der Waals surface area contributed by atoms with Crippen LogP contribution < -0.4 is 10.6 Å². The number of nitrogens with one attached hydrogen (secondary N) is 2. The van der Waals surface area contributed by atoms with Crippen molar-refractivity contribution in [2.75, 3.05) is 24.3 Å². The van der Waals surface area contributed by atoms with E-state index in [1.54, 1.807) is 37.3 Å². The van der Waals surface area contributed by atoms with Gasteiger partial charge in [0.25, 0.3) is 0 Å². The molecule has 0 aliphatic carbocycles. The van der Waals surface area contributed by atoms with Crippen LogP contribution in [0.2, 0.25) is 0 Å². The average Bonchev–Trinajstić information content (AvgIpc) is 2.55. The van der Waals surface area contributed by atoms with Gasteiger partial charge in [-0.15, -0.1) is 0 Å². The SMILES string of the molecule is COC(=O)c1ccc(C)c(NC(=O)CNc2ccc(C)cc2F)c1. The molecule has 2 rings (SSSR count). The van der Waals surface area contributed by atoms with Crippen LogP contribution in [0.4, 0.5) is 15.8 Å². The normalized spacial score (nSPS) is 10.2. The number of anilines is 2. The summed E-state index contributed by atoms with van der Waals surface area (Å²) in [5.41, 5.74) is 2.72. The first kappa shape index (κ1) is 17.5. The van der Waals surface area contributed by atoms with Gasteiger partial charge in [0, 0.05) is 5.69 Å². The highest BCUT2D eigenvalue weighted by atomic mass is 19.1. The number of carbonyl (C=O) groups is 2. The second kappa shape index (κ2) is 7.59. The van der Waals surface area contributed by atoms with Crippen molar-refractivity contribution in [2.45, 2.75) is 13.8 Å². The van der Waals surface area contributed by atoms with Crippen molar-refractivity contribution < 1.29 is 18.7 Å². The minimum Gasteiger partial charge on any atom is -0.465 e. The fourth-order valence-electron chi connectivity index (χ4n) is 2.13. The number of aryl methyl sites for hydroxylation is 2. The Hall–Kier alpha value is -2.89. The Kier molecular flexibility index (Phi) is 5.52. The van der Waals surface area contributed by atoms with Gasteiger partial charge in [0.1, 0.15) is 5.82 Å². The molecular weight excluding hydrogens is 311 g/mol. The van der Waals surface area contributed by atoms with Crippen LogP contribution >= 0.6 is 0 Å². The molecule has 0 aliphatic heterocycles. The maximum atomic E-state index is 13.7. The number of carbonyl (C=O) groups excluding carboxylic acids is 2. The van der Waals surface area contributed by atoms with Crippen LogP contribution in [-0.4, -0.2) is 25.5 Å². The minimum atomic E-state index is -0.481. The van der Waals surface area contributed by atoms with Gasteiger partial charge in [-0.3, -0.25) is 4.79 Å². The van der Waals surface area contributed by atoms with Gasteiger partial charge in [-0.1, -0.05) is 12.1 Å². The summed E-state index contributed by atoms with van der Waals surface area (Å²) in [5, 5.41) is 5.45. The van der Waals surface area contributed by atoms with E-state index in [-0.39, 0.29) is 18.1 Å². The van der Waals surface area contributed by atoms with Crippen LogP contribution in [0, 0.1) is 19.7 Å². The Morgan fingerprint density at radius 1 is 1.08 bits per heavy atom.